The molecule has 0 aliphatic heterocycles. The van der Waals surface area contributed by atoms with Gasteiger partial charge in [-0.05, 0) is 37.6 Å². The van der Waals surface area contributed by atoms with E-state index in [1.165, 1.54) is 6.07 Å². The van der Waals surface area contributed by atoms with Crippen LogP contribution in [0.1, 0.15) is 45.2 Å². The molecule has 3 nitrogen and oxygen atoms in total. The predicted octanol–water partition coefficient (Wildman–Crippen LogP) is 2.92. The minimum absolute atomic E-state index is 0.0900. The van der Waals surface area contributed by atoms with E-state index in [0.29, 0.717) is 18.0 Å². The van der Waals surface area contributed by atoms with Gasteiger partial charge in [-0.1, -0.05) is 19.9 Å². The summed E-state index contributed by atoms with van der Waals surface area (Å²) in [5.41, 5.74) is 0.553. The van der Waals surface area contributed by atoms with Crippen LogP contribution in [-0.2, 0) is 4.79 Å². The minimum Gasteiger partial charge on any atom is -0.350 e. The fourth-order valence-corrected chi connectivity index (χ4v) is 1.82. The Balaban J connectivity index is 2.39. The van der Waals surface area contributed by atoms with E-state index in [4.69, 9.17) is 0 Å². The molecule has 0 fully saturated rings. The highest BCUT2D eigenvalue weighted by atomic mass is 19.2. The number of benzene rings is 1. The van der Waals surface area contributed by atoms with Gasteiger partial charge in [0.05, 0.1) is 6.04 Å². The van der Waals surface area contributed by atoms with E-state index in [1.54, 1.807) is 6.92 Å². The summed E-state index contributed by atoms with van der Waals surface area (Å²) < 4.78 is 25.9. The topological polar surface area (TPSA) is 41.1 Å². The molecule has 0 aromatic heterocycles. The standard InChI is InChI=1S/C15H22F2N2O/c1-10(2)18-8-4-5-15(20)19-11(3)12-6-7-13(16)14(17)9-12/h6-7,9-11,18H,4-5,8H2,1-3H3,(H,19,20). The molecule has 0 aliphatic rings. The number of carbonyl (C=O) groups is 1. The van der Waals surface area contributed by atoms with Crippen LogP contribution in [0.25, 0.3) is 0 Å². The van der Waals surface area contributed by atoms with Crippen molar-refractivity contribution in [2.75, 3.05) is 6.54 Å². The molecule has 0 bridgehead atoms. The maximum Gasteiger partial charge on any atom is 0.220 e. The summed E-state index contributed by atoms with van der Waals surface area (Å²) >= 11 is 0. The third kappa shape index (κ3) is 5.65. The van der Waals surface area contributed by atoms with Crippen molar-refractivity contribution in [2.45, 2.75) is 45.7 Å². The van der Waals surface area contributed by atoms with Crippen molar-refractivity contribution >= 4 is 5.91 Å². The van der Waals surface area contributed by atoms with Crippen molar-refractivity contribution in [1.82, 2.24) is 10.6 Å². The first kappa shape index (κ1) is 16.6. The van der Waals surface area contributed by atoms with E-state index in [0.717, 1.165) is 25.1 Å². The lowest BCUT2D eigenvalue weighted by atomic mass is 10.1. The summed E-state index contributed by atoms with van der Waals surface area (Å²) in [7, 11) is 0. The second kappa shape index (κ2) is 7.94. The quantitative estimate of drug-likeness (QED) is 0.756. The molecule has 0 saturated heterocycles. The number of nitrogens with one attached hydrogen (secondary N) is 2. The molecule has 0 spiro atoms. The Morgan fingerprint density at radius 3 is 2.50 bits per heavy atom. The molecule has 0 saturated carbocycles. The Morgan fingerprint density at radius 1 is 1.20 bits per heavy atom. The van der Waals surface area contributed by atoms with Crippen molar-refractivity contribution in [3.63, 3.8) is 0 Å². The molecule has 1 aromatic rings. The Kier molecular flexibility index (Phi) is 6.58. The fraction of sp³-hybridized carbons (Fsp3) is 0.533. The number of halogens is 2. The normalized spacial score (nSPS) is 12.5. The van der Waals surface area contributed by atoms with Crippen molar-refractivity contribution in [2.24, 2.45) is 0 Å². The third-order valence-corrected chi connectivity index (χ3v) is 2.95. The lowest BCUT2D eigenvalue weighted by molar-refractivity contribution is -0.121. The molecule has 1 atom stereocenters. The lowest BCUT2D eigenvalue weighted by Gasteiger charge is -2.15. The van der Waals surface area contributed by atoms with E-state index in [2.05, 4.69) is 10.6 Å². The molecule has 20 heavy (non-hydrogen) atoms. The number of amides is 1. The minimum atomic E-state index is -0.898. The Bertz CT molecular complexity index is 449. The van der Waals surface area contributed by atoms with Gasteiger partial charge in [0, 0.05) is 12.5 Å². The fourth-order valence-electron chi connectivity index (χ4n) is 1.82. The van der Waals surface area contributed by atoms with Crippen molar-refractivity contribution in [1.29, 1.82) is 0 Å². The number of hydrogen-bond acceptors (Lipinski definition) is 2. The maximum atomic E-state index is 13.1. The monoisotopic (exact) mass is 284 g/mol. The second-order valence-corrected chi connectivity index (χ2v) is 5.18. The predicted molar refractivity (Wildman–Crippen MR) is 75.3 cm³/mol. The van der Waals surface area contributed by atoms with E-state index < -0.39 is 11.6 Å². The van der Waals surface area contributed by atoms with Crippen LogP contribution < -0.4 is 10.6 Å². The summed E-state index contributed by atoms with van der Waals surface area (Å²) in [4.78, 5) is 11.7. The zero-order valence-electron chi connectivity index (χ0n) is 12.2. The number of hydrogen-bond donors (Lipinski definition) is 2. The molecule has 112 valence electrons. The van der Waals surface area contributed by atoms with Crippen LogP contribution in [0.4, 0.5) is 8.78 Å². The zero-order valence-corrected chi connectivity index (χ0v) is 12.2. The lowest BCUT2D eigenvalue weighted by Crippen LogP contribution is -2.29. The second-order valence-electron chi connectivity index (χ2n) is 5.18. The Labute approximate surface area is 118 Å². The van der Waals surface area contributed by atoms with Gasteiger partial charge in [-0.15, -0.1) is 0 Å². The van der Waals surface area contributed by atoms with Gasteiger partial charge in [0.1, 0.15) is 0 Å². The van der Waals surface area contributed by atoms with E-state index in [-0.39, 0.29) is 11.9 Å². The molecular formula is C15H22F2N2O. The van der Waals surface area contributed by atoms with Gasteiger partial charge >= 0.3 is 0 Å². The first-order chi connectivity index (χ1) is 9.40. The highest BCUT2D eigenvalue weighted by Gasteiger charge is 2.11. The van der Waals surface area contributed by atoms with E-state index in [9.17, 15) is 13.6 Å². The summed E-state index contributed by atoms with van der Waals surface area (Å²) in [6, 6.07) is 3.72. The first-order valence-electron chi connectivity index (χ1n) is 6.88. The molecule has 1 amide bonds. The number of rotatable bonds is 7. The van der Waals surface area contributed by atoms with Crippen molar-refractivity contribution < 1.29 is 13.6 Å². The SMILES string of the molecule is CC(C)NCCCC(=O)NC(C)c1ccc(F)c(F)c1. The van der Waals surface area contributed by atoms with Crippen LogP contribution in [0.15, 0.2) is 18.2 Å². The summed E-state index contributed by atoms with van der Waals surface area (Å²) in [5, 5.41) is 6.00. The van der Waals surface area contributed by atoms with Gasteiger partial charge in [-0.3, -0.25) is 4.79 Å². The van der Waals surface area contributed by atoms with Crippen LogP contribution in [-0.4, -0.2) is 18.5 Å². The summed E-state index contributed by atoms with van der Waals surface area (Å²) in [5.74, 6) is -1.87. The van der Waals surface area contributed by atoms with E-state index >= 15 is 0 Å². The van der Waals surface area contributed by atoms with Gasteiger partial charge in [0.2, 0.25) is 5.91 Å². The Hall–Kier alpha value is -1.49. The van der Waals surface area contributed by atoms with Gasteiger partial charge in [0.25, 0.3) is 0 Å². The van der Waals surface area contributed by atoms with Gasteiger partial charge in [-0.25, -0.2) is 8.78 Å². The molecule has 1 aromatic carbocycles. The molecular weight excluding hydrogens is 262 g/mol. The van der Waals surface area contributed by atoms with Gasteiger partial charge < -0.3 is 10.6 Å². The molecule has 1 unspecified atom stereocenters. The average molecular weight is 284 g/mol. The van der Waals surface area contributed by atoms with E-state index in [1.807, 2.05) is 13.8 Å². The molecule has 2 N–H and O–H groups in total. The van der Waals surface area contributed by atoms with Crippen LogP contribution in [0, 0.1) is 11.6 Å². The summed E-state index contributed by atoms with van der Waals surface area (Å²) in [6.07, 6.45) is 1.16. The first-order valence-corrected chi connectivity index (χ1v) is 6.88. The largest absolute Gasteiger partial charge is 0.350 e. The van der Waals surface area contributed by atoms with Crippen molar-refractivity contribution in [3.8, 4) is 0 Å². The van der Waals surface area contributed by atoms with Crippen LogP contribution >= 0.6 is 0 Å². The third-order valence-electron chi connectivity index (χ3n) is 2.95. The molecule has 0 radical (unpaired) electrons. The van der Waals surface area contributed by atoms with Crippen LogP contribution in [0.3, 0.4) is 0 Å². The molecule has 0 heterocycles. The average Bonchev–Trinajstić information content (AvgIpc) is 2.37. The van der Waals surface area contributed by atoms with Crippen molar-refractivity contribution in [3.05, 3.63) is 35.4 Å². The highest BCUT2D eigenvalue weighted by molar-refractivity contribution is 5.76. The molecule has 5 heteroatoms. The Morgan fingerprint density at radius 2 is 1.90 bits per heavy atom. The maximum absolute atomic E-state index is 13.1. The van der Waals surface area contributed by atoms with Crippen LogP contribution in [0.5, 0.6) is 0 Å². The number of carbonyl (C=O) groups excluding carboxylic acids is 1. The molecule has 0 aliphatic carbocycles. The zero-order chi connectivity index (χ0) is 15.1. The smallest absolute Gasteiger partial charge is 0.220 e. The highest BCUT2D eigenvalue weighted by Crippen LogP contribution is 2.16. The van der Waals surface area contributed by atoms with Gasteiger partial charge in [0.15, 0.2) is 11.6 Å². The molecule has 1 rings (SSSR count). The van der Waals surface area contributed by atoms with Crippen LogP contribution in [0.2, 0.25) is 0 Å². The summed E-state index contributed by atoms with van der Waals surface area (Å²) in [6.45, 7) is 6.62. The van der Waals surface area contributed by atoms with Gasteiger partial charge in [-0.2, -0.15) is 0 Å².